The zero-order valence-electron chi connectivity index (χ0n) is 12.1. The lowest BCUT2D eigenvalue weighted by Gasteiger charge is -2.13. The van der Waals surface area contributed by atoms with Crippen molar-refractivity contribution < 1.29 is 9.47 Å². The van der Waals surface area contributed by atoms with Gasteiger partial charge in [-0.25, -0.2) is 15.0 Å². The Morgan fingerprint density at radius 2 is 2.36 bits per heavy atom. The first-order chi connectivity index (χ1) is 10.8. The predicted molar refractivity (Wildman–Crippen MR) is 80.9 cm³/mol. The first kappa shape index (κ1) is 13.4. The van der Waals surface area contributed by atoms with Gasteiger partial charge in [-0.15, -0.1) is 6.58 Å². The molecule has 7 nitrogen and oxygen atoms in total. The fourth-order valence-corrected chi connectivity index (χ4v) is 3.20. The number of imidazole rings is 1. The number of nitrogen functional groups attached to an aromatic ring is 1. The summed E-state index contributed by atoms with van der Waals surface area (Å²) in [5.41, 5.74) is 8.46. The highest BCUT2D eigenvalue weighted by atomic mass is 16.7. The highest BCUT2D eigenvalue weighted by Gasteiger charge is 2.39. The number of fused-ring (bicyclic) bond motifs is 2. The zero-order chi connectivity index (χ0) is 15.1. The van der Waals surface area contributed by atoms with Gasteiger partial charge >= 0.3 is 0 Å². The van der Waals surface area contributed by atoms with Crippen LogP contribution in [0.25, 0.3) is 11.2 Å². The second-order valence-corrected chi connectivity index (χ2v) is 5.54. The van der Waals surface area contributed by atoms with Crippen LogP contribution in [0.4, 0.5) is 5.82 Å². The van der Waals surface area contributed by atoms with Crippen molar-refractivity contribution in [2.24, 2.45) is 5.92 Å². The molecule has 1 saturated heterocycles. The molecule has 0 saturated carbocycles. The minimum Gasteiger partial charge on any atom is -0.382 e. The van der Waals surface area contributed by atoms with Gasteiger partial charge in [0, 0.05) is 5.92 Å². The van der Waals surface area contributed by atoms with Crippen LogP contribution in [0.5, 0.6) is 0 Å². The lowest BCUT2D eigenvalue weighted by Crippen LogP contribution is -2.13. The van der Waals surface area contributed by atoms with Gasteiger partial charge < -0.3 is 19.8 Å². The zero-order valence-corrected chi connectivity index (χ0v) is 12.1. The van der Waals surface area contributed by atoms with E-state index in [1.54, 1.807) is 12.4 Å². The Morgan fingerprint density at radius 3 is 3.23 bits per heavy atom. The van der Waals surface area contributed by atoms with Gasteiger partial charge in [0.2, 0.25) is 0 Å². The van der Waals surface area contributed by atoms with Crippen molar-refractivity contribution in [2.75, 3.05) is 18.9 Å². The van der Waals surface area contributed by atoms with Gasteiger partial charge in [0.05, 0.1) is 25.6 Å². The van der Waals surface area contributed by atoms with Crippen LogP contribution in [0.1, 0.15) is 12.5 Å². The number of hydrogen-bond donors (Lipinski definition) is 1. The Labute approximate surface area is 127 Å². The fourth-order valence-electron chi connectivity index (χ4n) is 3.20. The molecule has 1 aliphatic carbocycles. The van der Waals surface area contributed by atoms with Gasteiger partial charge in [-0.05, 0) is 12.0 Å². The molecule has 0 spiro atoms. The normalized spacial score (nSPS) is 27.1. The summed E-state index contributed by atoms with van der Waals surface area (Å²) in [6, 6.07) is 0.193. The van der Waals surface area contributed by atoms with E-state index in [1.165, 1.54) is 11.9 Å². The summed E-state index contributed by atoms with van der Waals surface area (Å²) >= 11 is 0. The number of nitrogens with two attached hydrogens (primary N) is 1. The van der Waals surface area contributed by atoms with Crippen LogP contribution in [0.2, 0.25) is 0 Å². The third-order valence-corrected chi connectivity index (χ3v) is 4.21. The largest absolute Gasteiger partial charge is 0.382 e. The summed E-state index contributed by atoms with van der Waals surface area (Å²) in [6.45, 7) is 4.84. The fraction of sp³-hybridized carbons (Fsp3) is 0.400. The minimum absolute atomic E-state index is 0.193. The van der Waals surface area contributed by atoms with E-state index in [1.807, 2.05) is 4.57 Å². The van der Waals surface area contributed by atoms with Gasteiger partial charge in [-0.2, -0.15) is 0 Å². The molecule has 3 atom stereocenters. The molecule has 0 amide bonds. The Balaban J connectivity index is 1.65. The summed E-state index contributed by atoms with van der Waals surface area (Å²) in [6.07, 6.45) is 7.87. The Hall–Kier alpha value is -2.25. The smallest absolute Gasteiger partial charge is 0.180 e. The van der Waals surface area contributed by atoms with E-state index in [9.17, 15) is 0 Å². The van der Waals surface area contributed by atoms with E-state index in [0.29, 0.717) is 30.5 Å². The van der Waals surface area contributed by atoms with Crippen molar-refractivity contribution >= 4 is 17.0 Å². The van der Waals surface area contributed by atoms with Gasteiger partial charge in [0.25, 0.3) is 0 Å². The summed E-state index contributed by atoms with van der Waals surface area (Å²) < 4.78 is 13.4. The molecule has 114 valence electrons. The van der Waals surface area contributed by atoms with E-state index in [-0.39, 0.29) is 12.3 Å². The van der Waals surface area contributed by atoms with E-state index in [0.717, 1.165) is 12.1 Å². The highest BCUT2D eigenvalue weighted by molar-refractivity contribution is 5.81. The minimum atomic E-state index is -0.262. The summed E-state index contributed by atoms with van der Waals surface area (Å²) in [5, 5.41) is 0. The van der Waals surface area contributed by atoms with Crippen molar-refractivity contribution in [2.45, 2.75) is 18.8 Å². The van der Waals surface area contributed by atoms with Crippen LogP contribution >= 0.6 is 0 Å². The Morgan fingerprint density at radius 1 is 1.45 bits per heavy atom. The average molecular weight is 299 g/mol. The average Bonchev–Trinajstić information content (AvgIpc) is 3.19. The van der Waals surface area contributed by atoms with E-state index < -0.39 is 0 Å². The third kappa shape index (κ3) is 2.01. The molecular formula is C15H17N5O2. The second kappa shape index (κ2) is 5.19. The number of allylic oxidation sites excluding steroid dienone is 1. The molecule has 3 heterocycles. The molecule has 1 fully saturated rings. The number of aromatic nitrogens is 4. The Bertz CT molecular complexity index is 753. The first-order valence-corrected chi connectivity index (χ1v) is 7.26. The maximum atomic E-state index is 5.85. The maximum absolute atomic E-state index is 5.85. The van der Waals surface area contributed by atoms with Crippen molar-refractivity contribution in [3.63, 3.8) is 0 Å². The van der Waals surface area contributed by atoms with Crippen LogP contribution < -0.4 is 5.73 Å². The lowest BCUT2D eigenvalue weighted by molar-refractivity contribution is -0.0847. The third-order valence-electron chi connectivity index (χ3n) is 4.21. The molecule has 0 bridgehead atoms. The van der Waals surface area contributed by atoms with Crippen LogP contribution in [-0.2, 0) is 9.47 Å². The molecule has 0 aromatic carbocycles. The quantitative estimate of drug-likeness (QED) is 0.860. The molecule has 0 radical (unpaired) electrons. The number of nitrogens with zero attached hydrogens (tertiary/aromatic N) is 4. The summed E-state index contributed by atoms with van der Waals surface area (Å²) in [4.78, 5) is 12.6. The van der Waals surface area contributed by atoms with Crippen LogP contribution in [0.3, 0.4) is 0 Å². The number of hydrogen-bond acceptors (Lipinski definition) is 6. The predicted octanol–water partition coefficient (Wildman–Crippen LogP) is 1.45. The van der Waals surface area contributed by atoms with E-state index in [2.05, 4.69) is 27.6 Å². The monoisotopic (exact) mass is 299 g/mol. The van der Waals surface area contributed by atoms with Crippen molar-refractivity contribution in [1.82, 2.24) is 19.5 Å². The lowest BCUT2D eigenvalue weighted by atomic mass is 10.0. The molecular weight excluding hydrogens is 282 g/mol. The van der Waals surface area contributed by atoms with Gasteiger partial charge in [0.1, 0.15) is 11.8 Å². The van der Waals surface area contributed by atoms with Crippen molar-refractivity contribution in [1.29, 1.82) is 0 Å². The van der Waals surface area contributed by atoms with Crippen molar-refractivity contribution in [3.8, 4) is 0 Å². The van der Waals surface area contributed by atoms with E-state index >= 15 is 0 Å². The Kier molecular flexibility index (Phi) is 3.16. The van der Waals surface area contributed by atoms with Crippen LogP contribution in [0.15, 0.2) is 37.0 Å². The van der Waals surface area contributed by atoms with Crippen LogP contribution in [0, 0.1) is 5.92 Å². The molecule has 2 N–H and O–H groups in total. The highest BCUT2D eigenvalue weighted by Crippen LogP contribution is 2.42. The van der Waals surface area contributed by atoms with Gasteiger partial charge in [-0.3, -0.25) is 0 Å². The molecule has 0 unspecified atom stereocenters. The number of ether oxygens (including phenoxy) is 2. The molecule has 1 aliphatic heterocycles. The molecule has 4 rings (SSSR count). The molecule has 2 aromatic heterocycles. The molecule has 2 aromatic rings. The standard InChI is InChI=1S/C15H17N5O2/c1-2-3-21-15-11-5-10(4-9(11)6-22-15)20-8-19-12-13(16)17-7-18-14(12)20/h2,5,7-10,15H,1,3-4,6H2,(H2,16,17,18)/t9-,10-,15-/m0/s1. The summed E-state index contributed by atoms with van der Waals surface area (Å²) in [7, 11) is 0. The second-order valence-electron chi connectivity index (χ2n) is 5.54. The van der Waals surface area contributed by atoms with E-state index in [4.69, 9.17) is 15.2 Å². The summed E-state index contributed by atoms with van der Waals surface area (Å²) in [5.74, 6) is 0.793. The molecule has 7 heteroatoms. The first-order valence-electron chi connectivity index (χ1n) is 7.26. The topological polar surface area (TPSA) is 88.1 Å². The molecule has 22 heavy (non-hydrogen) atoms. The molecule has 2 aliphatic rings. The van der Waals surface area contributed by atoms with Gasteiger partial charge in [0.15, 0.2) is 17.8 Å². The maximum Gasteiger partial charge on any atom is 0.180 e. The van der Waals surface area contributed by atoms with Crippen LogP contribution in [-0.4, -0.2) is 39.0 Å². The number of rotatable bonds is 4. The van der Waals surface area contributed by atoms with Crippen molar-refractivity contribution in [3.05, 3.63) is 37.0 Å². The number of anilines is 1. The SMILES string of the molecule is C=CCO[C@H]1OC[C@@H]2C[C@H](n3cnc4c(N)ncnc43)C=C21. The van der Waals surface area contributed by atoms with Gasteiger partial charge in [-0.1, -0.05) is 12.2 Å².